The molecule has 3 heteroatoms. The summed E-state index contributed by atoms with van der Waals surface area (Å²) >= 11 is 1.92. The highest BCUT2D eigenvalue weighted by atomic mass is 32.2. The molecule has 0 aliphatic carbocycles. The van der Waals surface area contributed by atoms with Crippen LogP contribution < -0.4 is 10.1 Å². The van der Waals surface area contributed by atoms with Crippen molar-refractivity contribution in [2.75, 3.05) is 25.2 Å². The lowest BCUT2D eigenvalue weighted by atomic mass is 10.00. The van der Waals surface area contributed by atoms with E-state index in [1.54, 1.807) is 0 Å². The largest absolute Gasteiger partial charge is 0.493 e. The summed E-state index contributed by atoms with van der Waals surface area (Å²) in [5.74, 6) is 2.99. The van der Waals surface area contributed by atoms with Crippen LogP contribution in [-0.2, 0) is 0 Å². The molecular weight excluding hydrogens is 230 g/mol. The van der Waals surface area contributed by atoms with E-state index in [4.69, 9.17) is 4.74 Å². The number of rotatable bonds is 5. The van der Waals surface area contributed by atoms with Crippen molar-refractivity contribution >= 4 is 11.8 Å². The Morgan fingerprint density at radius 3 is 3.12 bits per heavy atom. The summed E-state index contributed by atoms with van der Waals surface area (Å²) < 4.78 is 5.66. The third-order valence-corrected chi connectivity index (χ3v) is 4.02. The molecular formula is C14H21NOS. The van der Waals surface area contributed by atoms with Crippen molar-refractivity contribution in [1.29, 1.82) is 0 Å². The van der Waals surface area contributed by atoms with Crippen LogP contribution in [0.4, 0.5) is 0 Å². The van der Waals surface area contributed by atoms with E-state index in [1.807, 2.05) is 17.8 Å². The number of hydrogen-bond donors (Lipinski definition) is 1. The van der Waals surface area contributed by atoms with E-state index < -0.39 is 0 Å². The molecule has 2 atom stereocenters. The van der Waals surface area contributed by atoms with Gasteiger partial charge in [-0.05, 0) is 30.5 Å². The second-order valence-corrected chi connectivity index (χ2v) is 5.61. The van der Waals surface area contributed by atoms with Gasteiger partial charge in [-0.3, -0.25) is 0 Å². The average Bonchev–Trinajstić information content (AvgIpc) is 2.36. The standard InChI is InChI=1S/C14H21NOS/c1-11(10-17-2)9-15-13-7-8-16-14-6-4-3-5-12(13)14/h3-6,11,13,15H,7-10H2,1-2H3. The van der Waals surface area contributed by atoms with E-state index in [9.17, 15) is 0 Å². The van der Waals surface area contributed by atoms with Gasteiger partial charge in [0.05, 0.1) is 6.61 Å². The van der Waals surface area contributed by atoms with E-state index in [0.29, 0.717) is 6.04 Å². The normalized spacial score (nSPS) is 20.5. The lowest BCUT2D eigenvalue weighted by Crippen LogP contribution is -2.31. The van der Waals surface area contributed by atoms with Crippen molar-refractivity contribution in [3.05, 3.63) is 29.8 Å². The minimum absolute atomic E-state index is 0.462. The van der Waals surface area contributed by atoms with Gasteiger partial charge in [-0.15, -0.1) is 0 Å². The summed E-state index contributed by atoms with van der Waals surface area (Å²) in [6.45, 7) is 4.21. The van der Waals surface area contributed by atoms with Gasteiger partial charge in [0, 0.05) is 18.0 Å². The number of thioether (sulfide) groups is 1. The fourth-order valence-electron chi connectivity index (χ4n) is 2.24. The molecule has 94 valence electrons. The van der Waals surface area contributed by atoms with Crippen LogP contribution in [0.15, 0.2) is 24.3 Å². The van der Waals surface area contributed by atoms with Crippen molar-refractivity contribution in [1.82, 2.24) is 5.32 Å². The van der Waals surface area contributed by atoms with Gasteiger partial charge < -0.3 is 10.1 Å². The van der Waals surface area contributed by atoms with Crippen LogP contribution in [-0.4, -0.2) is 25.2 Å². The topological polar surface area (TPSA) is 21.3 Å². The molecule has 0 radical (unpaired) electrons. The highest BCUT2D eigenvalue weighted by Crippen LogP contribution is 2.31. The van der Waals surface area contributed by atoms with Crippen molar-refractivity contribution in [2.24, 2.45) is 5.92 Å². The first-order chi connectivity index (χ1) is 8.31. The monoisotopic (exact) mass is 251 g/mol. The molecule has 2 rings (SSSR count). The lowest BCUT2D eigenvalue weighted by molar-refractivity contribution is 0.250. The fourth-order valence-corrected chi connectivity index (χ4v) is 2.93. The summed E-state index contributed by atoms with van der Waals surface area (Å²) in [5.41, 5.74) is 1.31. The van der Waals surface area contributed by atoms with Crippen LogP contribution in [0.2, 0.25) is 0 Å². The summed E-state index contributed by atoms with van der Waals surface area (Å²) in [5, 5.41) is 3.67. The Kier molecular flexibility index (Phi) is 4.75. The van der Waals surface area contributed by atoms with Gasteiger partial charge in [0.25, 0.3) is 0 Å². The van der Waals surface area contributed by atoms with Crippen molar-refractivity contribution < 1.29 is 4.74 Å². The number of hydrogen-bond acceptors (Lipinski definition) is 3. The minimum atomic E-state index is 0.462. The molecule has 1 aromatic rings. The van der Waals surface area contributed by atoms with Crippen LogP contribution in [0.25, 0.3) is 0 Å². The SMILES string of the molecule is CSCC(C)CNC1CCOc2ccccc21. The zero-order chi connectivity index (χ0) is 12.1. The maximum atomic E-state index is 5.66. The van der Waals surface area contributed by atoms with Gasteiger partial charge in [-0.2, -0.15) is 11.8 Å². The molecule has 2 nitrogen and oxygen atoms in total. The summed E-state index contributed by atoms with van der Waals surface area (Å²) in [7, 11) is 0. The number of para-hydroxylation sites is 1. The summed E-state index contributed by atoms with van der Waals surface area (Å²) in [6.07, 6.45) is 3.24. The maximum Gasteiger partial charge on any atom is 0.124 e. The molecule has 0 saturated carbocycles. The number of benzene rings is 1. The predicted octanol–water partition coefficient (Wildman–Crippen LogP) is 3.10. The van der Waals surface area contributed by atoms with E-state index in [-0.39, 0.29) is 0 Å². The molecule has 1 heterocycles. The van der Waals surface area contributed by atoms with Gasteiger partial charge in [-0.25, -0.2) is 0 Å². The molecule has 0 aromatic heterocycles. The predicted molar refractivity (Wildman–Crippen MR) is 74.8 cm³/mol. The first-order valence-electron chi connectivity index (χ1n) is 6.25. The molecule has 2 unspecified atom stereocenters. The molecule has 0 amide bonds. The van der Waals surface area contributed by atoms with Crippen LogP contribution in [0.3, 0.4) is 0 Å². The van der Waals surface area contributed by atoms with Gasteiger partial charge in [-0.1, -0.05) is 25.1 Å². The Bertz CT molecular complexity index is 356. The summed E-state index contributed by atoms with van der Waals surface area (Å²) in [4.78, 5) is 0. The molecule has 17 heavy (non-hydrogen) atoms. The molecule has 1 N–H and O–H groups in total. The van der Waals surface area contributed by atoms with Crippen molar-refractivity contribution in [3.63, 3.8) is 0 Å². The first kappa shape index (κ1) is 12.8. The Hall–Kier alpha value is -0.670. The average molecular weight is 251 g/mol. The van der Waals surface area contributed by atoms with Gasteiger partial charge in [0.2, 0.25) is 0 Å². The molecule has 1 aliphatic rings. The maximum absolute atomic E-state index is 5.66. The zero-order valence-electron chi connectivity index (χ0n) is 10.6. The number of nitrogens with one attached hydrogen (secondary N) is 1. The van der Waals surface area contributed by atoms with Gasteiger partial charge in [0.15, 0.2) is 0 Å². The van der Waals surface area contributed by atoms with Crippen LogP contribution in [0, 0.1) is 5.92 Å². The Labute approximate surface area is 108 Å². The summed E-state index contributed by atoms with van der Waals surface area (Å²) in [6, 6.07) is 8.83. The second-order valence-electron chi connectivity index (χ2n) is 4.70. The van der Waals surface area contributed by atoms with E-state index in [1.165, 1.54) is 11.3 Å². The Morgan fingerprint density at radius 2 is 2.29 bits per heavy atom. The second kappa shape index (κ2) is 6.31. The third kappa shape index (κ3) is 3.39. The van der Waals surface area contributed by atoms with Gasteiger partial charge in [0.1, 0.15) is 5.75 Å². The highest BCUT2D eigenvalue weighted by Gasteiger charge is 2.20. The van der Waals surface area contributed by atoms with E-state index in [0.717, 1.165) is 31.2 Å². The minimum Gasteiger partial charge on any atom is -0.493 e. The highest BCUT2D eigenvalue weighted by molar-refractivity contribution is 7.98. The molecule has 0 bridgehead atoms. The van der Waals surface area contributed by atoms with Crippen LogP contribution in [0.1, 0.15) is 24.9 Å². The van der Waals surface area contributed by atoms with Gasteiger partial charge >= 0.3 is 0 Å². The zero-order valence-corrected chi connectivity index (χ0v) is 11.4. The van der Waals surface area contributed by atoms with Crippen LogP contribution >= 0.6 is 11.8 Å². The molecule has 0 fully saturated rings. The molecule has 1 aromatic carbocycles. The van der Waals surface area contributed by atoms with Crippen molar-refractivity contribution in [2.45, 2.75) is 19.4 Å². The Balaban J connectivity index is 1.94. The van der Waals surface area contributed by atoms with E-state index in [2.05, 4.69) is 36.7 Å². The lowest BCUT2D eigenvalue weighted by Gasteiger charge is -2.27. The third-order valence-electron chi connectivity index (χ3n) is 3.12. The quantitative estimate of drug-likeness (QED) is 0.869. The molecule has 1 aliphatic heterocycles. The molecule has 0 spiro atoms. The number of fused-ring (bicyclic) bond motifs is 1. The number of ether oxygens (including phenoxy) is 1. The van der Waals surface area contributed by atoms with Crippen molar-refractivity contribution in [3.8, 4) is 5.75 Å². The van der Waals surface area contributed by atoms with Crippen LogP contribution in [0.5, 0.6) is 5.75 Å². The first-order valence-corrected chi connectivity index (χ1v) is 7.64. The smallest absolute Gasteiger partial charge is 0.124 e. The van der Waals surface area contributed by atoms with E-state index >= 15 is 0 Å². The molecule has 0 saturated heterocycles. The Morgan fingerprint density at radius 1 is 1.47 bits per heavy atom. The fraction of sp³-hybridized carbons (Fsp3) is 0.571.